The molecule has 6 heteroatoms. The van der Waals surface area contributed by atoms with Crippen molar-refractivity contribution >= 4 is 21.6 Å². The average molecular weight is 479 g/mol. The lowest BCUT2D eigenvalue weighted by Gasteiger charge is -2.27. The van der Waals surface area contributed by atoms with Crippen molar-refractivity contribution in [3.05, 3.63) is 94.0 Å². The standard InChI is InChI=1S/C28H34N2O3S/c1-7-24-10-8-9-11-27(24)30(34(32,33)25-14-12-19(2)13-15-25)18-28(31)29-23(6)26-17-21(4)20(3)16-22(26)5/h8-17,23H,7,18H2,1-6H3,(H,29,31)/t23-/m0/s1. The zero-order valence-electron chi connectivity index (χ0n) is 20.8. The molecule has 1 amide bonds. The highest BCUT2D eigenvalue weighted by molar-refractivity contribution is 7.92. The maximum atomic E-state index is 13.7. The van der Waals surface area contributed by atoms with Gasteiger partial charge >= 0.3 is 0 Å². The molecule has 3 aromatic rings. The van der Waals surface area contributed by atoms with Crippen LogP contribution in [0.15, 0.2) is 65.6 Å². The van der Waals surface area contributed by atoms with Crippen LogP contribution in [0.4, 0.5) is 5.69 Å². The van der Waals surface area contributed by atoms with E-state index in [-0.39, 0.29) is 23.4 Å². The van der Waals surface area contributed by atoms with E-state index in [0.29, 0.717) is 12.1 Å². The van der Waals surface area contributed by atoms with Gasteiger partial charge in [0.25, 0.3) is 10.0 Å². The van der Waals surface area contributed by atoms with Crippen LogP contribution in [0, 0.1) is 27.7 Å². The summed E-state index contributed by atoms with van der Waals surface area (Å²) >= 11 is 0. The third-order valence-corrected chi connectivity index (χ3v) is 8.04. The molecule has 34 heavy (non-hydrogen) atoms. The Bertz CT molecular complexity index is 1280. The van der Waals surface area contributed by atoms with Gasteiger partial charge in [-0.05, 0) is 87.1 Å². The van der Waals surface area contributed by atoms with Gasteiger partial charge < -0.3 is 5.32 Å². The number of carbonyl (C=O) groups excluding carboxylic acids is 1. The van der Waals surface area contributed by atoms with Gasteiger partial charge in [-0.25, -0.2) is 8.42 Å². The Balaban J connectivity index is 1.95. The Kier molecular flexibility index (Phi) is 7.82. The first kappa shape index (κ1) is 25.5. The van der Waals surface area contributed by atoms with Gasteiger partial charge in [-0.15, -0.1) is 0 Å². The number of nitrogens with zero attached hydrogens (tertiary/aromatic N) is 1. The van der Waals surface area contributed by atoms with E-state index in [1.54, 1.807) is 36.4 Å². The van der Waals surface area contributed by atoms with Crippen LogP contribution in [0.5, 0.6) is 0 Å². The maximum Gasteiger partial charge on any atom is 0.264 e. The monoisotopic (exact) mass is 478 g/mol. The smallest absolute Gasteiger partial charge is 0.264 e. The topological polar surface area (TPSA) is 66.5 Å². The van der Waals surface area contributed by atoms with Crippen LogP contribution in [-0.4, -0.2) is 20.9 Å². The molecule has 0 aliphatic rings. The summed E-state index contributed by atoms with van der Waals surface area (Å²) < 4.78 is 28.6. The predicted molar refractivity (Wildman–Crippen MR) is 139 cm³/mol. The fourth-order valence-corrected chi connectivity index (χ4v) is 5.59. The number of carbonyl (C=O) groups is 1. The minimum Gasteiger partial charge on any atom is -0.348 e. The van der Waals surface area contributed by atoms with Gasteiger partial charge in [0.2, 0.25) is 5.91 Å². The van der Waals surface area contributed by atoms with Gasteiger partial charge in [0.15, 0.2) is 0 Å². The number of aryl methyl sites for hydroxylation is 5. The lowest BCUT2D eigenvalue weighted by molar-refractivity contribution is -0.120. The molecule has 0 aromatic heterocycles. The summed E-state index contributed by atoms with van der Waals surface area (Å²) in [6, 6.07) is 18.0. The summed E-state index contributed by atoms with van der Waals surface area (Å²) in [7, 11) is -3.95. The Morgan fingerprint density at radius 1 is 0.912 bits per heavy atom. The van der Waals surface area contributed by atoms with E-state index < -0.39 is 10.0 Å². The van der Waals surface area contributed by atoms with E-state index in [4.69, 9.17) is 0 Å². The highest BCUT2D eigenvalue weighted by atomic mass is 32.2. The molecule has 5 nitrogen and oxygen atoms in total. The Labute approximate surface area is 203 Å². The number of hydrogen-bond donors (Lipinski definition) is 1. The molecule has 180 valence electrons. The van der Waals surface area contributed by atoms with Crippen LogP contribution < -0.4 is 9.62 Å². The number of hydrogen-bond acceptors (Lipinski definition) is 3. The molecule has 0 heterocycles. The number of amides is 1. The highest BCUT2D eigenvalue weighted by Crippen LogP contribution is 2.28. The van der Waals surface area contributed by atoms with Crippen molar-refractivity contribution < 1.29 is 13.2 Å². The molecular weight excluding hydrogens is 444 g/mol. The van der Waals surface area contributed by atoms with Gasteiger partial charge in [-0.2, -0.15) is 0 Å². The van der Waals surface area contributed by atoms with Crippen molar-refractivity contribution in [3.63, 3.8) is 0 Å². The van der Waals surface area contributed by atoms with E-state index in [1.807, 2.05) is 46.8 Å². The normalized spacial score (nSPS) is 12.3. The zero-order valence-corrected chi connectivity index (χ0v) is 21.7. The van der Waals surface area contributed by atoms with Crippen LogP contribution in [0.25, 0.3) is 0 Å². The van der Waals surface area contributed by atoms with Gasteiger partial charge in [0.1, 0.15) is 6.54 Å². The van der Waals surface area contributed by atoms with Crippen LogP contribution in [0.2, 0.25) is 0 Å². The number of anilines is 1. The van der Waals surface area contributed by atoms with Gasteiger partial charge in [0, 0.05) is 0 Å². The summed E-state index contributed by atoms with van der Waals surface area (Å²) in [4.78, 5) is 13.4. The molecule has 0 saturated carbocycles. The Hall–Kier alpha value is -3.12. The van der Waals surface area contributed by atoms with Crippen LogP contribution in [0.3, 0.4) is 0 Å². The summed E-state index contributed by atoms with van der Waals surface area (Å²) in [5.41, 5.74) is 6.83. The summed E-state index contributed by atoms with van der Waals surface area (Å²) in [6.07, 6.45) is 0.649. The molecule has 0 spiro atoms. The summed E-state index contributed by atoms with van der Waals surface area (Å²) in [6.45, 7) is 11.6. The fourth-order valence-electron chi connectivity index (χ4n) is 4.13. The van der Waals surface area contributed by atoms with Gasteiger partial charge in [-0.1, -0.05) is 55.0 Å². The second kappa shape index (κ2) is 10.4. The van der Waals surface area contributed by atoms with Gasteiger partial charge in [0.05, 0.1) is 16.6 Å². The van der Waals surface area contributed by atoms with E-state index in [9.17, 15) is 13.2 Å². The van der Waals surface area contributed by atoms with Crippen molar-refractivity contribution in [3.8, 4) is 0 Å². The number of sulfonamides is 1. The second-order valence-electron chi connectivity index (χ2n) is 8.89. The SMILES string of the molecule is CCc1ccccc1N(CC(=O)N[C@@H](C)c1cc(C)c(C)cc1C)S(=O)(=O)c1ccc(C)cc1. The molecule has 3 rings (SSSR count). The zero-order chi connectivity index (χ0) is 25.0. The Morgan fingerprint density at radius 2 is 1.53 bits per heavy atom. The van der Waals surface area contributed by atoms with Crippen molar-refractivity contribution in [2.24, 2.45) is 0 Å². The quantitative estimate of drug-likeness (QED) is 0.461. The van der Waals surface area contributed by atoms with Crippen LogP contribution >= 0.6 is 0 Å². The van der Waals surface area contributed by atoms with E-state index in [2.05, 4.69) is 24.4 Å². The maximum absolute atomic E-state index is 13.7. The number of rotatable bonds is 8. The molecular formula is C28H34N2O3S. The molecule has 0 saturated heterocycles. The van der Waals surface area contributed by atoms with Crippen molar-refractivity contribution in [2.45, 2.75) is 58.9 Å². The molecule has 1 atom stereocenters. The molecule has 0 unspecified atom stereocenters. The predicted octanol–water partition coefficient (Wildman–Crippen LogP) is 5.56. The van der Waals surface area contributed by atoms with Crippen LogP contribution in [0.1, 0.15) is 53.3 Å². The van der Waals surface area contributed by atoms with Crippen molar-refractivity contribution in [1.82, 2.24) is 5.32 Å². The molecule has 0 radical (unpaired) electrons. The fraction of sp³-hybridized carbons (Fsp3) is 0.321. The van der Waals surface area contributed by atoms with E-state index in [1.165, 1.54) is 9.87 Å². The second-order valence-corrected chi connectivity index (χ2v) is 10.8. The van der Waals surface area contributed by atoms with E-state index in [0.717, 1.165) is 27.8 Å². The first-order valence-corrected chi connectivity index (χ1v) is 13.0. The summed E-state index contributed by atoms with van der Waals surface area (Å²) in [5.74, 6) is -0.355. The third kappa shape index (κ3) is 5.50. The number of benzene rings is 3. The molecule has 0 aliphatic carbocycles. The molecule has 0 bridgehead atoms. The highest BCUT2D eigenvalue weighted by Gasteiger charge is 2.29. The first-order valence-electron chi connectivity index (χ1n) is 11.6. The largest absolute Gasteiger partial charge is 0.348 e. The molecule has 0 aliphatic heterocycles. The van der Waals surface area contributed by atoms with Crippen molar-refractivity contribution in [2.75, 3.05) is 10.8 Å². The minimum absolute atomic E-state index is 0.162. The summed E-state index contributed by atoms with van der Waals surface area (Å²) in [5, 5.41) is 3.01. The van der Waals surface area contributed by atoms with Crippen LogP contribution in [-0.2, 0) is 21.2 Å². The van der Waals surface area contributed by atoms with Crippen molar-refractivity contribution in [1.29, 1.82) is 0 Å². The Morgan fingerprint density at radius 3 is 2.18 bits per heavy atom. The first-order chi connectivity index (χ1) is 16.0. The third-order valence-electron chi connectivity index (χ3n) is 6.26. The molecule has 3 aromatic carbocycles. The lowest BCUT2D eigenvalue weighted by atomic mass is 9.96. The lowest BCUT2D eigenvalue weighted by Crippen LogP contribution is -2.42. The number of para-hydroxylation sites is 1. The molecule has 0 fully saturated rings. The number of nitrogens with one attached hydrogen (secondary N) is 1. The van der Waals surface area contributed by atoms with Gasteiger partial charge in [-0.3, -0.25) is 9.10 Å². The average Bonchev–Trinajstić information content (AvgIpc) is 2.80. The molecule has 1 N–H and O–H groups in total. The van der Waals surface area contributed by atoms with E-state index >= 15 is 0 Å². The minimum atomic E-state index is -3.95.